The van der Waals surface area contributed by atoms with Gasteiger partial charge >= 0.3 is 12.6 Å². The first-order valence-electron chi connectivity index (χ1n) is 13.5. The molecule has 232 valence electrons. The van der Waals surface area contributed by atoms with Crippen LogP contribution in [0.25, 0.3) is 11.1 Å². The van der Waals surface area contributed by atoms with E-state index in [2.05, 4.69) is 20.5 Å². The third kappa shape index (κ3) is 5.66. The van der Waals surface area contributed by atoms with Gasteiger partial charge in [-0.15, -0.1) is 0 Å². The summed E-state index contributed by atoms with van der Waals surface area (Å²) in [5.74, 6) is -0.842. The number of benzene rings is 2. The van der Waals surface area contributed by atoms with Gasteiger partial charge in [0.05, 0.1) is 35.8 Å². The van der Waals surface area contributed by atoms with Crippen LogP contribution >= 0.6 is 11.6 Å². The molecule has 1 fully saturated rings. The van der Waals surface area contributed by atoms with E-state index >= 15 is 0 Å². The number of nitrogens with zero attached hydrogens (tertiary/aromatic N) is 6. The molecular weight excluding hydrogens is 604 g/mol. The first-order chi connectivity index (χ1) is 20.7. The van der Waals surface area contributed by atoms with Gasteiger partial charge in [-0.3, -0.25) is 15.1 Å². The van der Waals surface area contributed by atoms with Crippen LogP contribution in [0.15, 0.2) is 65.0 Å². The van der Waals surface area contributed by atoms with E-state index in [1.54, 1.807) is 24.3 Å². The van der Waals surface area contributed by atoms with Gasteiger partial charge in [0.25, 0.3) is 5.91 Å². The predicted molar refractivity (Wildman–Crippen MR) is 158 cm³/mol. The van der Waals surface area contributed by atoms with E-state index in [9.17, 15) is 27.5 Å². The van der Waals surface area contributed by atoms with E-state index in [-0.39, 0.29) is 28.7 Å². The third-order valence-corrected chi connectivity index (χ3v) is 7.60. The van der Waals surface area contributed by atoms with Crippen LogP contribution in [0.2, 0.25) is 5.02 Å². The molecule has 3 aromatic rings. The summed E-state index contributed by atoms with van der Waals surface area (Å²) < 4.78 is 55.8. The van der Waals surface area contributed by atoms with Gasteiger partial charge in [-0.2, -0.15) is 32.8 Å². The minimum absolute atomic E-state index is 0.0558. The average molecular weight is 633 g/mol. The SMILES string of the molecule is CC(C)(C)C[C@]1(c2ccc(-c3cnn(C(F)F)c3)cc2)NC(=N)N([C@H](CO)c2ccc(Cl)c(N3N=CN=CC3(F)F)c2)C1=O. The Balaban J connectivity index is 1.52. The molecule has 0 aliphatic carbocycles. The smallest absolute Gasteiger partial charge is 0.381 e. The molecule has 15 heteroatoms. The number of guanidine groups is 1. The normalized spacial score (nSPS) is 20.5. The van der Waals surface area contributed by atoms with Crippen LogP contribution in [-0.2, 0) is 10.3 Å². The van der Waals surface area contributed by atoms with Gasteiger partial charge in [-0.05, 0) is 40.7 Å². The number of rotatable bonds is 8. The number of carbonyl (C=O) groups excluding carboxylic acids is 1. The Kier molecular flexibility index (Phi) is 8.01. The van der Waals surface area contributed by atoms with Crippen LogP contribution in [0.1, 0.15) is 50.9 Å². The largest absolute Gasteiger partial charge is 0.394 e. The van der Waals surface area contributed by atoms with E-state index in [4.69, 9.17) is 17.0 Å². The molecule has 2 aliphatic heterocycles. The standard InChI is InChI=1S/C29H29ClF4N8O2/c1-27(2,3)14-28(20-7-4-17(5-8-20)19-11-37-40(12-19)25(31)32)24(44)41(26(35)39-28)23(13-43)18-6-9-21(30)22(10-18)42-29(33,34)15-36-16-38-42/h4-12,15-16,23,25,43H,13-14H2,1-3H3,(H2,35,39)/t23-,28-/m1/s1. The second-order valence-corrected chi connectivity index (χ2v) is 12.1. The highest BCUT2D eigenvalue weighted by Crippen LogP contribution is 2.43. The van der Waals surface area contributed by atoms with Crippen LogP contribution in [0.5, 0.6) is 0 Å². The van der Waals surface area contributed by atoms with Crippen LogP contribution in [0.3, 0.4) is 0 Å². The molecule has 2 aromatic carbocycles. The lowest BCUT2D eigenvalue weighted by Crippen LogP contribution is -2.47. The Hall–Kier alpha value is -4.30. The van der Waals surface area contributed by atoms with Gasteiger partial charge in [0.1, 0.15) is 11.9 Å². The van der Waals surface area contributed by atoms with Crippen molar-refractivity contribution in [3.8, 4) is 11.1 Å². The molecule has 0 radical (unpaired) electrons. The number of aliphatic hydroxyl groups excluding tert-OH is 1. The van der Waals surface area contributed by atoms with Crippen molar-refractivity contribution < 1.29 is 27.5 Å². The number of amides is 1. The molecule has 2 atom stereocenters. The molecule has 44 heavy (non-hydrogen) atoms. The summed E-state index contributed by atoms with van der Waals surface area (Å²) in [6.45, 7) is 2.36. The molecule has 0 bridgehead atoms. The summed E-state index contributed by atoms with van der Waals surface area (Å²) in [7, 11) is 0. The summed E-state index contributed by atoms with van der Waals surface area (Å²) in [6.07, 6.45) is 4.10. The highest BCUT2D eigenvalue weighted by Gasteiger charge is 2.54. The first kappa shape index (κ1) is 31.1. The second-order valence-electron chi connectivity index (χ2n) is 11.7. The molecule has 3 N–H and O–H groups in total. The van der Waals surface area contributed by atoms with Crippen LogP contribution < -0.4 is 10.3 Å². The molecule has 5 rings (SSSR count). The van der Waals surface area contributed by atoms with Gasteiger partial charge in [0.15, 0.2) is 5.96 Å². The zero-order valence-corrected chi connectivity index (χ0v) is 24.6. The lowest BCUT2D eigenvalue weighted by atomic mass is 9.75. The molecule has 0 spiro atoms. The molecule has 1 amide bonds. The molecule has 0 saturated carbocycles. The maximum atomic E-state index is 14.6. The summed E-state index contributed by atoms with van der Waals surface area (Å²) in [5.41, 5.74) is -0.276. The maximum Gasteiger partial charge on any atom is 0.381 e. The number of anilines is 1. The van der Waals surface area contributed by atoms with Crippen molar-refractivity contribution in [3.63, 3.8) is 0 Å². The monoisotopic (exact) mass is 632 g/mol. The molecule has 10 nitrogen and oxygen atoms in total. The van der Waals surface area contributed by atoms with E-state index in [1.165, 1.54) is 30.6 Å². The molecule has 1 aromatic heterocycles. The lowest BCUT2D eigenvalue weighted by Gasteiger charge is -2.35. The summed E-state index contributed by atoms with van der Waals surface area (Å²) in [5, 5.41) is 30.0. The molecule has 0 unspecified atom stereocenters. The number of hydrazone groups is 1. The van der Waals surface area contributed by atoms with Gasteiger partial charge in [0.2, 0.25) is 0 Å². The number of alkyl halides is 4. The van der Waals surface area contributed by atoms with Gasteiger partial charge < -0.3 is 10.4 Å². The molecule has 2 aliphatic rings. The van der Waals surface area contributed by atoms with Crippen LogP contribution in [0.4, 0.5) is 23.2 Å². The van der Waals surface area contributed by atoms with Crippen molar-refractivity contribution in [2.45, 2.75) is 51.4 Å². The number of aromatic nitrogens is 2. The highest BCUT2D eigenvalue weighted by molar-refractivity contribution is 6.33. The van der Waals surface area contributed by atoms with E-state index in [1.807, 2.05) is 20.8 Å². The maximum absolute atomic E-state index is 14.6. The summed E-state index contributed by atoms with van der Waals surface area (Å²) in [4.78, 5) is 18.9. The number of halogens is 5. The third-order valence-electron chi connectivity index (χ3n) is 7.28. The van der Waals surface area contributed by atoms with E-state index < -0.39 is 42.1 Å². The minimum Gasteiger partial charge on any atom is -0.394 e. The number of carbonyl (C=O) groups is 1. The Labute approximate surface area is 255 Å². The fourth-order valence-electron chi connectivity index (χ4n) is 5.47. The van der Waals surface area contributed by atoms with Crippen molar-refractivity contribution >= 4 is 41.7 Å². The number of aliphatic hydroxyl groups is 1. The average Bonchev–Trinajstić information content (AvgIpc) is 3.54. The van der Waals surface area contributed by atoms with Crippen molar-refractivity contribution in [1.82, 2.24) is 20.0 Å². The lowest BCUT2D eigenvalue weighted by molar-refractivity contribution is -0.134. The van der Waals surface area contributed by atoms with E-state index in [0.717, 1.165) is 11.2 Å². The van der Waals surface area contributed by atoms with Gasteiger partial charge in [-0.25, -0.2) is 9.67 Å². The van der Waals surface area contributed by atoms with Crippen molar-refractivity contribution in [2.75, 3.05) is 11.6 Å². The van der Waals surface area contributed by atoms with Crippen molar-refractivity contribution in [1.29, 1.82) is 5.41 Å². The molecule has 1 saturated heterocycles. The Morgan fingerprint density at radius 1 is 1.11 bits per heavy atom. The summed E-state index contributed by atoms with van der Waals surface area (Å²) >= 11 is 6.26. The second kappa shape index (κ2) is 11.3. The Bertz CT molecular complexity index is 1640. The number of hydrogen-bond donors (Lipinski definition) is 3. The Morgan fingerprint density at radius 3 is 2.41 bits per heavy atom. The zero-order valence-electron chi connectivity index (χ0n) is 23.8. The topological polar surface area (TPSA) is 122 Å². The molecule has 3 heterocycles. The highest BCUT2D eigenvalue weighted by atomic mass is 35.5. The van der Waals surface area contributed by atoms with Crippen molar-refractivity contribution in [2.24, 2.45) is 15.5 Å². The first-order valence-corrected chi connectivity index (χ1v) is 13.8. The fourth-order valence-corrected chi connectivity index (χ4v) is 5.67. The van der Waals surface area contributed by atoms with Crippen LogP contribution in [0, 0.1) is 10.8 Å². The predicted octanol–water partition coefficient (Wildman–Crippen LogP) is 5.76. The van der Waals surface area contributed by atoms with Crippen LogP contribution in [-0.4, -0.2) is 56.9 Å². The Morgan fingerprint density at radius 2 is 1.82 bits per heavy atom. The van der Waals surface area contributed by atoms with Gasteiger partial charge in [-0.1, -0.05) is 62.7 Å². The summed E-state index contributed by atoms with van der Waals surface area (Å²) in [6, 6.07) is 6.07. The van der Waals surface area contributed by atoms with Gasteiger partial charge in [0, 0.05) is 11.8 Å². The molecular formula is C29H29ClF4N8O2. The van der Waals surface area contributed by atoms with E-state index in [0.29, 0.717) is 32.6 Å². The number of hydrogen-bond acceptors (Lipinski definition) is 7. The number of nitrogens with one attached hydrogen (secondary N) is 2. The zero-order chi connectivity index (χ0) is 32.0. The van der Waals surface area contributed by atoms with Crippen molar-refractivity contribution in [3.05, 3.63) is 71.0 Å². The minimum atomic E-state index is -3.59. The fraction of sp³-hybridized carbons (Fsp3) is 0.345. The quantitative estimate of drug-likeness (QED) is 0.215. The number of aliphatic imine (C=N–C) groups is 1.